The molecule has 1 aliphatic carbocycles. The first-order valence-corrected chi connectivity index (χ1v) is 12.2. The lowest BCUT2D eigenvalue weighted by Crippen LogP contribution is -2.35. The smallest absolute Gasteiger partial charge is 0.256 e. The van der Waals surface area contributed by atoms with Gasteiger partial charge in [-0.05, 0) is 47.6 Å². The number of benzene rings is 1. The zero-order valence-corrected chi connectivity index (χ0v) is 20.6. The van der Waals surface area contributed by atoms with E-state index in [4.69, 9.17) is 10.7 Å². The predicted molar refractivity (Wildman–Crippen MR) is 140 cm³/mol. The molecule has 1 saturated carbocycles. The molecule has 1 saturated heterocycles. The first-order valence-electron chi connectivity index (χ1n) is 12.2. The number of pyridine rings is 1. The molecule has 2 amide bonds. The summed E-state index contributed by atoms with van der Waals surface area (Å²) < 4.78 is 1.95. The molecule has 3 N–H and O–H groups in total. The number of fused-ring (bicyclic) bond motifs is 2. The molecule has 4 aromatic rings. The molecule has 186 valence electrons. The van der Waals surface area contributed by atoms with Crippen LogP contribution in [0.1, 0.15) is 36.1 Å². The molecule has 3 atom stereocenters. The van der Waals surface area contributed by atoms with Crippen molar-refractivity contribution in [2.75, 3.05) is 17.6 Å². The Hall–Kier alpha value is -4.53. The molecule has 1 aliphatic heterocycles. The van der Waals surface area contributed by atoms with E-state index < -0.39 is 0 Å². The fourth-order valence-electron chi connectivity index (χ4n) is 5.83. The molecule has 4 heterocycles. The van der Waals surface area contributed by atoms with Gasteiger partial charge in [0.15, 0.2) is 0 Å². The van der Waals surface area contributed by atoms with Crippen molar-refractivity contribution in [1.29, 1.82) is 0 Å². The molecule has 2 aliphatic rings. The molecule has 0 spiro atoms. The van der Waals surface area contributed by atoms with Crippen molar-refractivity contribution in [3.8, 4) is 11.3 Å². The van der Waals surface area contributed by atoms with Gasteiger partial charge in [-0.3, -0.25) is 14.0 Å². The van der Waals surface area contributed by atoms with E-state index in [1.165, 1.54) is 6.08 Å². The number of likely N-dealkylation sites (tertiary alicyclic amines) is 1. The molecule has 0 unspecified atom stereocenters. The second-order valence-electron chi connectivity index (χ2n) is 10.2. The molecule has 2 fully saturated rings. The van der Waals surface area contributed by atoms with E-state index in [2.05, 4.69) is 35.7 Å². The third kappa shape index (κ3) is 3.57. The number of aromatic nitrogens is 4. The maximum Gasteiger partial charge on any atom is 0.256 e. The van der Waals surface area contributed by atoms with E-state index in [-0.39, 0.29) is 23.3 Å². The standard InChI is InChI=1S/C28H27N7O2/c1-4-20(36)35-15-18-21(28(18,2)3)23(35)26-33-22(24-25(29)31-13-14-34(24)26)16-8-10-17(11-9-16)27(37)32-19-7-5-6-12-30-19/h4-14,18,21,23H,1,15H2,2-3H3,(H2,29,31)(H,30,32,37)/t18-,21-,23-/m0/s1. The number of hydrogen-bond acceptors (Lipinski definition) is 6. The van der Waals surface area contributed by atoms with Crippen molar-refractivity contribution in [3.05, 3.63) is 85.1 Å². The minimum Gasteiger partial charge on any atom is -0.382 e. The van der Waals surface area contributed by atoms with Gasteiger partial charge in [-0.25, -0.2) is 15.0 Å². The summed E-state index contributed by atoms with van der Waals surface area (Å²) in [6, 6.07) is 12.3. The lowest BCUT2D eigenvalue weighted by atomic mass is 10.0. The highest BCUT2D eigenvalue weighted by Gasteiger charge is 2.68. The zero-order chi connectivity index (χ0) is 25.9. The Morgan fingerprint density at radius 2 is 1.92 bits per heavy atom. The maximum atomic E-state index is 12.8. The molecule has 9 nitrogen and oxygen atoms in total. The Bertz CT molecular complexity index is 1540. The van der Waals surface area contributed by atoms with Crippen LogP contribution in [0.25, 0.3) is 16.8 Å². The molecular formula is C28H27N7O2. The number of nitrogen functional groups attached to an aromatic ring is 1. The van der Waals surface area contributed by atoms with Crippen LogP contribution in [0.5, 0.6) is 0 Å². The van der Waals surface area contributed by atoms with Crippen molar-refractivity contribution in [1.82, 2.24) is 24.3 Å². The lowest BCUT2D eigenvalue weighted by Gasteiger charge is -2.29. The monoisotopic (exact) mass is 493 g/mol. The van der Waals surface area contributed by atoms with Crippen molar-refractivity contribution >= 4 is 29.0 Å². The van der Waals surface area contributed by atoms with Crippen molar-refractivity contribution in [2.24, 2.45) is 17.3 Å². The first-order chi connectivity index (χ1) is 17.8. The van der Waals surface area contributed by atoms with Gasteiger partial charge in [0.05, 0.1) is 6.04 Å². The van der Waals surface area contributed by atoms with Gasteiger partial charge in [-0.1, -0.05) is 38.6 Å². The molecular weight excluding hydrogens is 466 g/mol. The fourth-order valence-corrected chi connectivity index (χ4v) is 5.83. The van der Waals surface area contributed by atoms with E-state index in [0.717, 1.165) is 11.4 Å². The maximum absolute atomic E-state index is 12.8. The second-order valence-corrected chi connectivity index (χ2v) is 10.2. The average molecular weight is 494 g/mol. The van der Waals surface area contributed by atoms with Gasteiger partial charge >= 0.3 is 0 Å². The number of rotatable bonds is 5. The summed E-state index contributed by atoms with van der Waals surface area (Å²) in [4.78, 5) is 40.8. The Balaban J connectivity index is 1.40. The number of imidazole rings is 1. The fraction of sp³-hybridized carbons (Fsp3) is 0.250. The summed E-state index contributed by atoms with van der Waals surface area (Å²) in [5, 5.41) is 2.79. The molecule has 3 aromatic heterocycles. The average Bonchev–Trinajstić information content (AvgIpc) is 3.24. The van der Waals surface area contributed by atoms with Crippen molar-refractivity contribution in [3.63, 3.8) is 0 Å². The predicted octanol–water partition coefficient (Wildman–Crippen LogP) is 3.97. The number of nitrogens with zero attached hydrogens (tertiary/aromatic N) is 5. The third-order valence-electron chi connectivity index (χ3n) is 7.87. The number of nitrogens with two attached hydrogens (primary N) is 1. The molecule has 0 bridgehead atoms. The minimum absolute atomic E-state index is 0.100. The summed E-state index contributed by atoms with van der Waals surface area (Å²) in [6.07, 6.45) is 6.47. The van der Waals surface area contributed by atoms with Crippen molar-refractivity contribution in [2.45, 2.75) is 19.9 Å². The number of nitrogens with one attached hydrogen (secondary N) is 1. The summed E-state index contributed by atoms with van der Waals surface area (Å²) in [5.41, 5.74) is 9.09. The van der Waals surface area contributed by atoms with Crippen LogP contribution >= 0.6 is 0 Å². The van der Waals surface area contributed by atoms with E-state index in [0.29, 0.717) is 46.8 Å². The summed E-state index contributed by atoms with van der Waals surface area (Å²) >= 11 is 0. The molecule has 37 heavy (non-hydrogen) atoms. The second kappa shape index (κ2) is 8.26. The largest absolute Gasteiger partial charge is 0.382 e. The normalized spacial score (nSPS) is 21.5. The van der Waals surface area contributed by atoms with E-state index in [1.54, 1.807) is 36.7 Å². The quantitative estimate of drug-likeness (QED) is 0.406. The van der Waals surface area contributed by atoms with Crippen LogP contribution in [0, 0.1) is 17.3 Å². The van der Waals surface area contributed by atoms with Crippen LogP contribution < -0.4 is 11.1 Å². The highest BCUT2D eigenvalue weighted by molar-refractivity contribution is 6.04. The van der Waals surface area contributed by atoms with Crippen LogP contribution in [0.3, 0.4) is 0 Å². The Labute approximate surface area is 214 Å². The number of amides is 2. The van der Waals surface area contributed by atoms with Gasteiger partial charge in [-0.2, -0.15) is 0 Å². The molecule has 1 aromatic carbocycles. The Morgan fingerprint density at radius 1 is 1.14 bits per heavy atom. The minimum atomic E-state index is -0.256. The van der Waals surface area contributed by atoms with Crippen LogP contribution in [0.2, 0.25) is 0 Å². The van der Waals surface area contributed by atoms with E-state index in [9.17, 15) is 9.59 Å². The van der Waals surface area contributed by atoms with Crippen LogP contribution in [0.15, 0.2) is 73.7 Å². The van der Waals surface area contributed by atoms with Crippen LogP contribution in [0.4, 0.5) is 11.6 Å². The highest BCUT2D eigenvalue weighted by Crippen LogP contribution is 2.69. The van der Waals surface area contributed by atoms with Gasteiger partial charge in [0.1, 0.15) is 28.7 Å². The topological polar surface area (TPSA) is 119 Å². The zero-order valence-electron chi connectivity index (χ0n) is 20.6. The summed E-state index contributed by atoms with van der Waals surface area (Å²) in [6.45, 7) is 8.87. The number of carbonyl (C=O) groups excluding carboxylic acids is 2. The van der Waals surface area contributed by atoms with Gasteiger partial charge in [0.25, 0.3) is 5.91 Å². The Morgan fingerprint density at radius 3 is 2.62 bits per heavy atom. The number of hydrogen-bond donors (Lipinski definition) is 2. The van der Waals surface area contributed by atoms with Crippen LogP contribution in [-0.4, -0.2) is 42.6 Å². The van der Waals surface area contributed by atoms with Gasteiger partial charge in [0, 0.05) is 36.3 Å². The number of anilines is 2. The Kier molecular flexibility index (Phi) is 5.11. The van der Waals surface area contributed by atoms with E-state index in [1.807, 2.05) is 33.7 Å². The summed E-state index contributed by atoms with van der Waals surface area (Å²) in [7, 11) is 0. The van der Waals surface area contributed by atoms with Crippen LogP contribution in [-0.2, 0) is 4.79 Å². The number of piperidine rings is 1. The third-order valence-corrected chi connectivity index (χ3v) is 7.87. The highest BCUT2D eigenvalue weighted by atomic mass is 16.2. The lowest BCUT2D eigenvalue weighted by molar-refractivity contribution is -0.128. The molecule has 9 heteroatoms. The van der Waals surface area contributed by atoms with Gasteiger partial charge < -0.3 is 16.0 Å². The van der Waals surface area contributed by atoms with Gasteiger partial charge in [-0.15, -0.1) is 0 Å². The SMILES string of the molecule is C=CC(=O)N1C[C@H]2[C@@H]([C@H]1c1nc(-c3ccc(C(=O)Nc4ccccn4)cc3)c3c(N)nccn13)C2(C)C. The summed E-state index contributed by atoms with van der Waals surface area (Å²) in [5.74, 6) is 1.93. The first kappa shape index (κ1) is 22.9. The molecule has 6 rings (SSSR count). The molecule has 0 radical (unpaired) electrons. The van der Waals surface area contributed by atoms with Gasteiger partial charge in [0.2, 0.25) is 5.91 Å². The van der Waals surface area contributed by atoms with Crippen molar-refractivity contribution < 1.29 is 9.59 Å². The number of carbonyl (C=O) groups is 2. The van der Waals surface area contributed by atoms with E-state index >= 15 is 0 Å².